The normalized spacial score (nSPS) is 26.6. The van der Waals surface area contributed by atoms with Crippen molar-refractivity contribution in [1.82, 2.24) is 4.90 Å². The molecular formula is C17H37NO6P2. The number of hydrogen-bond acceptors (Lipinski definition) is 3. The van der Waals surface area contributed by atoms with Gasteiger partial charge < -0.3 is 19.6 Å². The molecule has 0 saturated heterocycles. The van der Waals surface area contributed by atoms with Crippen molar-refractivity contribution in [3.63, 3.8) is 0 Å². The highest BCUT2D eigenvalue weighted by atomic mass is 31.2. The Morgan fingerprint density at radius 2 is 1.50 bits per heavy atom. The molecule has 156 valence electrons. The third-order valence-electron chi connectivity index (χ3n) is 6.47. The topological polar surface area (TPSA) is 118 Å². The van der Waals surface area contributed by atoms with Gasteiger partial charge in [-0.1, -0.05) is 59.8 Å². The molecule has 26 heavy (non-hydrogen) atoms. The molecule has 1 rings (SSSR count). The van der Waals surface area contributed by atoms with Crippen LogP contribution in [0, 0.1) is 5.92 Å². The van der Waals surface area contributed by atoms with E-state index in [1.807, 2.05) is 6.92 Å². The largest absolute Gasteiger partial charge is 0.358 e. The average molecular weight is 413 g/mol. The molecule has 1 aliphatic carbocycles. The van der Waals surface area contributed by atoms with Gasteiger partial charge in [-0.3, -0.25) is 14.0 Å². The first-order valence-electron chi connectivity index (χ1n) is 9.87. The van der Waals surface area contributed by atoms with Gasteiger partial charge in [-0.15, -0.1) is 0 Å². The standard InChI is InChI=1S/C17H37NO6P2/c1-5-15-13-11-9-10-12-14-16(15,6-2)18(8-4)17(7-3,25(19,20)21)26(22,23)24/h15H,5-14H2,1-4H3,(H2,19,20,21)(H2,22,23,24). The van der Waals surface area contributed by atoms with Crippen LogP contribution in [0.15, 0.2) is 0 Å². The maximum atomic E-state index is 12.5. The smallest absolute Gasteiger partial charge is 0.323 e. The van der Waals surface area contributed by atoms with E-state index in [4.69, 9.17) is 0 Å². The van der Waals surface area contributed by atoms with Crippen molar-refractivity contribution in [1.29, 1.82) is 0 Å². The van der Waals surface area contributed by atoms with Crippen LogP contribution in [-0.2, 0) is 9.13 Å². The van der Waals surface area contributed by atoms with E-state index in [0.717, 1.165) is 38.5 Å². The Morgan fingerprint density at radius 1 is 0.962 bits per heavy atom. The Balaban J connectivity index is 3.72. The predicted octanol–water partition coefficient (Wildman–Crippen LogP) is 4.26. The Kier molecular flexibility index (Phi) is 8.57. The lowest BCUT2D eigenvalue weighted by Crippen LogP contribution is -2.63. The van der Waals surface area contributed by atoms with E-state index in [9.17, 15) is 28.7 Å². The molecule has 0 aliphatic heterocycles. The van der Waals surface area contributed by atoms with Gasteiger partial charge in [0.1, 0.15) is 0 Å². The van der Waals surface area contributed by atoms with Crippen LogP contribution >= 0.6 is 15.2 Å². The molecule has 1 saturated carbocycles. The minimum absolute atomic E-state index is 0.150. The third-order valence-corrected chi connectivity index (χ3v) is 11.0. The average Bonchev–Trinajstić information content (AvgIpc) is 2.51. The van der Waals surface area contributed by atoms with Gasteiger partial charge in [-0.2, -0.15) is 0 Å². The molecule has 0 spiro atoms. The molecule has 1 aliphatic rings. The third kappa shape index (κ3) is 4.15. The maximum absolute atomic E-state index is 12.5. The fourth-order valence-corrected chi connectivity index (χ4v) is 8.75. The van der Waals surface area contributed by atoms with E-state index in [1.165, 1.54) is 11.8 Å². The minimum atomic E-state index is -5.12. The van der Waals surface area contributed by atoms with Gasteiger partial charge in [0.25, 0.3) is 0 Å². The van der Waals surface area contributed by atoms with Crippen LogP contribution in [-0.4, -0.2) is 41.6 Å². The molecule has 0 aromatic heterocycles. The summed E-state index contributed by atoms with van der Waals surface area (Å²) in [5.74, 6) is 0.150. The van der Waals surface area contributed by atoms with Crippen LogP contribution in [0.3, 0.4) is 0 Å². The maximum Gasteiger partial charge on any atom is 0.358 e. The van der Waals surface area contributed by atoms with Crippen LogP contribution in [0.2, 0.25) is 0 Å². The Morgan fingerprint density at radius 3 is 1.88 bits per heavy atom. The first-order chi connectivity index (χ1) is 12.0. The summed E-state index contributed by atoms with van der Waals surface area (Å²) in [6.07, 6.45) is 6.90. The van der Waals surface area contributed by atoms with E-state index >= 15 is 0 Å². The van der Waals surface area contributed by atoms with Crippen molar-refractivity contribution in [2.24, 2.45) is 5.92 Å². The molecule has 9 heteroatoms. The zero-order chi connectivity index (χ0) is 20.2. The molecule has 0 amide bonds. The molecule has 0 heterocycles. The molecule has 7 nitrogen and oxygen atoms in total. The van der Waals surface area contributed by atoms with Crippen molar-refractivity contribution < 1.29 is 28.7 Å². The molecular weight excluding hydrogens is 376 g/mol. The van der Waals surface area contributed by atoms with Crippen molar-refractivity contribution in [2.75, 3.05) is 6.54 Å². The van der Waals surface area contributed by atoms with Crippen LogP contribution in [0.25, 0.3) is 0 Å². The van der Waals surface area contributed by atoms with Gasteiger partial charge in [0.2, 0.25) is 5.02 Å². The summed E-state index contributed by atoms with van der Waals surface area (Å²) in [7, 11) is -10.2. The van der Waals surface area contributed by atoms with Crippen LogP contribution in [0.1, 0.15) is 85.5 Å². The lowest BCUT2D eigenvalue weighted by Gasteiger charge is -2.56. The van der Waals surface area contributed by atoms with E-state index < -0.39 is 25.8 Å². The summed E-state index contributed by atoms with van der Waals surface area (Å²) in [5.41, 5.74) is -0.623. The van der Waals surface area contributed by atoms with Gasteiger partial charge in [-0.05, 0) is 38.1 Å². The summed E-state index contributed by atoms with van der Waals surface area (Å²) >= 11 is 0. The lowest BCUT2D eigenvalue weighted by atomic mass is 9.71. The number of rotatable bonds is 8. The molecule has 0 bridgehead atoms. The minimum Gasteiger partial charge on any atom is -0.323 e. The molecule has 2 atom stereocenters. The van der Waals surface area contributed by atoms with Gasteiger partial charge in [0.05, 0.1) is 0 Å². The van der Waals surface area contributed by atoms with Crippen molar-refractivity contribution in [3.8, 4) is 0 Å². The second-order valence-corrected chi connectivity index (χ2v) is 11.5. The second kappa shape index (κ2) is 9.17. The van der Waals surface area contributed by atoms with Crippen LogP contribution in [0.4, 0.5) is 0 Å². The molecule has 0 aromatic rings. The van der Waals surface area contributed by atoms with Crippen molar-refractivity contribution in [3.05, 3.63) is 0 Å². The fraction of sp³-hybridized carbons (Fsp3) is 1.00. The first kappa shape index (κ1) is 24.3. The molecule has 0 aromatic carbocycles. The highest BCUT2D eigenvalue weighted by Crippen LogP contribution is 2.73. The Hall–Kier alpha value is 0.260. The van der Waals surface area contributed by atoms with Crippen molar-refractivity contribution >= 4 is 15.2 Å². The lowest BCUT2D eigenvalue weighted by molar-refractivity contribution is -0.0282. The van der Waals surface area contributed by atoms with E-state index in [2.05, 4.69) is 6.92 Å². The zero-order valence-corrected chi connectivity index (χ0v) is 18.4. The summed E-state index contributed by atoms with van der Waals surface area (Å²) in [6, 6.07) is 0. The highest BCUT2D eigenvalue weighted by molar-refractivity contribution is 7.72. The van der Waals surface area contributed by atoms with Crippen LogP contribution in [0.5, 0.6) is 0 Å². The number of nitrogens with zero attached hydrogens (tertiary/aromatic N) is 1. The highest BCUT2D eigenvalue weighted by Gasteiger charge is 2.66. The summed E-state index contributed by atoms with van der Waals surface area (Å²) in [6.45, 7) is 7.45. The second-order valence-electron chi connectivity index (χ2n) is 7.48. The Bertz CT molecular complexity index is 523. The van der Waals surface area contributed by atoms with Crippen molar-refractivity contribution in [2.45, 2.75) is 96.0 Å². The number of hydrogen-bond donors (Lipinski definition) is 4. The van der Waals surface area contributed by atoms with E-state index in [1.54, 1.807) is 6.92 Å². The van der Waals surface area contributed by atoms with Gasteiger partial charge in [0.15, 0.2) is 0 Å². The summed E-state index contributed by atoms with van der Waals surface area (Å²) < 4.78 is 25.1. The van der Waals surface area contributed by atoms with Gasteiger partial charge in [-0.25, -0.2) is 0 Å². The first-order valence-corrected chi connectivity index (χ1v) is 13.1. The Labute approximate surface area is 157 Å². The molecule has 4 N–H and O–H groups in total. The molecule has 2 unspecified atom stereocenters. The molecule has 1 fully saturated rings. The SMILES string of the molecule is CCC1CCCCCCC1(CC)N(CC)C(CC)(P(=O)(O)O)P(=O)(O)O. The quantitative estimate of drug-likeness (QED) is 0.439. The van der Waals surface area contributed by atoms with E-state index in [-0.39, 0.29) is 18.9 Å². The fourth-order valence-electron chi connectivity index (χ4n) is 5.26. The summed E-state index contributed by atoms with van der Waals surface area (Å²) in [4.78, 5) is 42.2. The predicted molar refractivity (Wildman–Crippen MR) is 104 cm³/mol. The van der Waals surface area contributed by atoms with E-state index in [0.29, 0.717) is 12.8 Å². The van der Waals surface area contributed by atoms with Gasteiger partial charge >= 0.3 is 15.2 Å². The van der Waals surface area contributed by atoms with Gasteiger partial charge in [0, 0.05) is 5.54 Å². The molecule has 0 radical (unpaired) electrons. The summed E-state index contributed by atoms with van der Waals surface area (Å²) in [5, 5.41) is -2.46. The monoisotopic (exact) mass is 413 g/mol. The zero-order valence-electron chi connectivity index (χ0n) is 16.6. The van der Waals surface area contributed by atoms with Crippen LogP contribution < -0.4 is 0 Å².